The fourth-order valence-electron chi connectivity index (χ4n) is 0.150. The molecule has 0 saturated carbocycles. The molecular formula is C4H13NO4. The van der Waals surface area contributed by atoms with Crippen LogP contribution in [-0.4, -0.2) is 46.2 Å². The zero-order valence-electron chi connectivity index (χ0n) is 5.04. The van der Waals surface area contributed by atoms with Gasteiger partial charge in [-0.15, -0.1) is 0 Å². The van der Waals surface area contributed by atoms with Crippen molar-refractivity contribution < 1.29 is 20.8 Å². The van der Waals surface area contributed by atoms with Crippen molar-refractivity contribution in [1.82, 2.24) is 0 Å². The second kappa shape index (κ2) is 4.66. The molecule has 0 aromatic heterocycles. The van der Waals surface area contributed by atoms with Crippen LogP contribution in [0.15, 0.2) is 0 Å². The fraction of sp³-hybridized carbons (Fsp3) is 1.00. The molecule has 0 amide bonds. The lowest BCUT2D eigenvalue weighted by Crippen LogP contribution is -2.50. The van der Waals surface area contributed by atoms with Crippen LogP contribution >= 0.6 is 0 Å². The van der Waals surface area contributed by atoms with Gasteiger partial charge in [0, 0.05) is 0 Å². The monoisotopic (exact) mass is 139 g/mol. The van der Waals surface area contributed by atoms with Gasteiger partial charge < -0.3 is 26.5 Å². The van der Waals surface area contributed by atoms with Crippen molar-refractivity contribution in [2.45, 2.75) is 5.54 Å². The summed E-state index contributed by atoms with van der Waals surface area (Å²) in [6, 6.07) is 0. The second-order valence-corrected chi connectivity index (χ2v) is 1.84. The molecule has 0 saturated heterocycles. The molecule has 0 aliphatic carbocycles. The molecule has 58 valence electrons. The maximum absolute atomic E-state index is 8.34. The van der Waals surface area contributed by atoms with Crippen LogP contribution in [0.4, 0.5) is 0 Å². The van der Waals surface area contributed by atoms with Crippen molar-refractivity contribution in [3.63, 3.8) is 0 Å². The Kier molecular flexibility index (Phi) is 5.99. The van der Waals surface area contributed by atoms with E-state index in [9.17, 15) is 0 Å². The number of aliphatic hydroxyl groups excluding tert-OH is 3. The summed E-state index contributed by atoms with van der Waals surface area (Å²) in [5, 5.41) is 25.0. The van der Waals surface area contributed by atoms with Crippen LogP contribution in [0.5, 0.6) is 0 Å². The maximum atomic E-state index is 8.34. The predicted molar refractivity (Wildman–Crippen MR) is 31.8 cm³/mol. The van der Waals surface area contributed by atoms with E-state index < -0.39 is 25.4 Å². The van der Waals surface area contributed by atoms with Crippen LogP contribution in [-0.2, 0) is 0 Å². The zero-order chi connectivity index (χ0) is 6.62. The molecular weight excluding hydrogens is 126 g/mol. The molecule has 7 N–H and O–H groups in total. The van der Waals surface area contributed by atoms with Crippen molar-refractivity contribution in [3.05, 3.63) is 0 Å². The van der Waals surface area contributed by atoms with Gasteiger partial charge in [-0.25, -0.2) is 0 Å². The molecule has 0 rings (SSSR count). The molecule has 0 heterocycles. The van der Waals surface area contributed by atoms with Crippen LogP contribution in [0.3, 0.4) is 0 Å². The van der Waals surface area contributed by atoms with Gasteiger partial charge in [-0.1, -0.05) is 0 Å². The number of nitrogens with two attached hydrogens (primary N) is 1. The van der Waals surface area contributed by atoms with Gasteiger partial charge in [0.05, 0.1) is 25.4 Å². The highest BCUT2D eigenvalue weighted by Gasteiger charge is 2.20. The Balaban J connectivity index is 0. The van der Waals surface area contributed by atoms with E-state index in [2.05, 4.69) is 0 Å². The van der Waals surface area contributed by atoms with E-state index in [1.807, 2.05) is 0 Å². The largest absolute Gasteiger partial charge is 0.412 e. The first-order chi connectivity index (χ1) is 3.68. The third-order valence-electron chi connectivity index (χ3n) is 0.945. The lowest BCUT2D eigenvalue weighted by molar-refractivity contribution is 0.0698. The van der Waals surface area contributed by atoms with Crippen molar-refractivity contribution >= 4 is 0 Å². The number of aliphatic hydroxyl groups is 3. The summed E-state index contributed by atoms with van der Waals surface area (Å²) in [4.78, 5) is 0. The van der Waals surface area contributed by atoms with E-state index in [0.29, 0.717) is 0 Å². The Hall–Kier alpha value is -0.200. The van der Waals surface area contributed by atoms with Crippen LogP contribution in [0.25, 0.3) is 0 Å². The van der Waals surface area contributed by atoms with Crippen LogP contribution < -0.4 is 5.73 Å². The molecule has 9 heavy (non-hydrogen) atoms. The molecule has 0 spiro atoms. The third-order valence-corrected chi connectivity index (χ3v) is 0.945. The van der Waals surface area contributed by atoms with Gasteiger partial charge in [0.15, 0.2) is 0 Å². The average molecular weight is 139 g/mol. The van der Waals surface area contributed by atoms with Crippen molar-refractivity contribution in [3.8, 4) is 0 Å². The molecule has 0 aliphatic rings. The standard InChI is InChI=1S/C4H11NO3.H2O/c5-4(1-6,2-7)3-8;/h6-8H,1-3,5H2;1H2. The molecule has 0 aliphatic heterocycles. The first-order valence-electron chi connectivity index (χ1n) is 2.30. The molecule has 0 aromatic carbocycles. The van der Waals surface area contributed by atoms with Crippen molar-refractivity contribution in [2.75, 3.05) is 19.8 Å². The summed E-state index contributed by atoms with van der Waals surface area (Å²) in [5.74, 6) is 0. The van der Waals surface area contributed by atoms with Gasteiger partial charge in [0.2, 0.25) is 0 Å². The summed E-state index contributed by atoms with van der Waals surface area (Å²) in [7, 11) is 0. The van der Waals surface area contributed by atoms with Gasteiger partial charge >= 0.3 is 0 Å². The summed E-state index contributed by atoms with van der Waals surface area (Å²) < 4.78 is 0. The quantitative estimate of drug-likeness (QED) is 0.330. The first-order valence-corrected chi connectivity index (χ1v) is 2.30. The summed E-state index contributed by atoms with van der Waals surface area (Å²) in [6.07, 6.45) is 0. The van der Waals surface area contributed by atoms with E-state index in [-0.39, 0.29) is 5.48 Å². The first kappa shape index (κ1) is 11.6. The van der Waals surface area contributed by atoms with Gasteiger partial charge in [-0.3, -0.25) is 0 Å². The third kappa shape index (κ3) is 3.39. The highest BCUT2D eigenvalue weighted by Crippen LogP contribution is 1.93. The maximum Gasteiger partial charge on any atom is 0.0856 e. The number of hydrogen-bond acceptors (Lipinski definition) is 4. The van der Waals surface area contributed by atoms with E-state index in [1.54, 1.807) is 0 Å². The molecule has 0 fully saturated rings. The highest BCUT2D eigenvalue weighted by molar-refractivity contribution is 4.80. The minimum Gasteiger partial charge on any atom is -0.412 e. The Morgan fingerprint density at radius 2 is 1.22 bits per heavy atom. The minimum atomic E-state index is -1.21. The molecule has 0 radical (unpaired) electrons. The number of rotatable bonds is 3. The van der Waals surface area contributed by atoms with Crippen LogP contribution in [0.2, 0.25) is 0 Å². The SMILES string of the molecule is NC(CO)(CO)CO.O. The Morgan fingerprint density at radius 3 is 1.22 bits per heavy atom. The summed E-state index contributed by atoms with van der Waals surface area (Å²) in [5.41, 5.74) is 3.94. The molecule has 0 bridgehead atoms. The average Bonchev–Trinajstić information content (AvgIpc) is 1.87. The summed E-state index contributed by atoms with van der Waals surface area (Å²) in [6.45, 7) is -1.21. The molecule has 0 atom stereocenters. The molecule has 0 unspecified atom stereocenters. The molecule has 0 aromatic rings. The smallest absolute Gasteiger partial charge is 0.0856 e. The lowest BCUT2D eigenvalue weighted by atomic mass is 10.1. The molecule has 5 nitrogen and oxygen atoms in total. The highest BCUT2D eigenvalue weighted by atomic mass is 16.3. The Bertz CT molecular complexity index is 55.3. The lowest BCUT2D eigenvalue weighted by Gasteiger charge is -2.20. The van der Waals surface area contributed by atoms with Crippen LogP contribution in [0.1, 0.15) is 0 Å². The molecule has 5 heteroatoms. The normalized spacial score (nSPS) is 10.7. The van der Waals surface area contributed by atoms with Gasteiger partial charge in [0.25, 0.3) is 0 Å². The van der Waals surface area contributed by atoms with E-state index in [0.717, 1.165) is 0 Å². The van der Waals surface area contributed by atoms with Crippen molar-refractivity contribution in [1.29, 1.82) is 0 Å². The van der Waals surface area contributed by atoms with E-state index in [4.69, 9.17) is 21.1 Å². The Morgan fingerprint density at radius 1 is 1.00 bits per heavy atom. The van der Waals surface area contributed by atoms with Gasteiger partial charge in [0.1, 0.15) is 0 Å². The Labute approximate surface area is 53.0 Å². The predicted octanol–water partition coefficient (Wildman–Crippen LogP) is -3.16. The van der Waals surface area contributed by atoms with Crippen molar-refractivity contribution in [2.24, 2.45) is 5.73 Å². The summed E-state index contributed by atoms with van der Waals surface area (Å²) >= 11 is 0. The van der Waals surface area contributed by atoms with Crippen LogP contribution in [0, 0.1) is 0 Å². The number of hydrogen-bond donors (Lipinski definition) is 4. The zero-order valence-corrected chi connectivity index (χ0v) is 5.04. The van der Waals surface area contributed by atoms with E-state index >= 15 is 0 Å². The van der Waals surface area contributed by atoms with Gasteiger partial charge in [-0.05, 0) is 0 Å². The minimum absolute atomic E-state index is 0. The van der Waals surface area contributed by atoms with E-state index in [1.165, 1.54) is 0 Å². The topological polar surface area (TPSA) is 118 Å². The fourth-order valence-corrected chi connectivity index (χ4v) is 0.150. The van der Waals surface area contributed by atoms with Gasteiger partial charge in [-0.2, -0.15) is 0 Å². The second-order valence-electron chi connectivity index (χ2n) is 1.84.